The first kappa shape index (κ1) is 17.0. The third kappa shape index (κ3) is 5.07. The number of hydrogen-bond donors (Lipinski definition) is 0. The minimum Gasteiger partial charge on any atom is -0.430 e. The van der Waals surface area contributed by atoms with Gasteiger partial charge in [0.25, 0.3) is 0 Å². The molecule has 0 N–H and O–H groups in total. The Labute approximate surface area is 127 Å². The van der Waals surface area contributed by atoms with Gasteiger partial charge in [-0.05, 0) is 31.4 Å². The lowest BCUT2D eigenvalue weighted by molar-refractivity contribution is -0.139. The fourth-order valence-electron chi connectivity index (χ4n) is 2.07. The second kappa shape index (κ2) is 8.96. The Morgan fingerprint density at radius 1 is 1.38 bits per heavy atom. The molecule has 0 radical (unpaired) electrons. The number of esters is 1. The van der Waals surface area contributed by atoms with E-state index in [1.165, 1.54) is 5.56 Å². The molecule has 0 bridgehead atoms. The van der Waals surface area contributed by atoms with E-state index in [4.69, 9.17) is 4.74 Å². The topological polar surface area (TPSA) is 26.3 Å². The van der Waals surface area contributed by atoms with Gasteiger partial charge in [0.05, 0.1) is 0 Å². The highest BCUT2D eigenvalue weighted by atomic mass is 16.5. The van der Waals surface area contributed by atoms with Crippen LogP contribution in [0.5, 0.6) is 0 Å². The molecule has 0 saturated heterocycles. The van der Waals surface area contributed by atoms with Gasteiger partial charge in [-0.15, -0.1) is 6.58 Å². The van der Waals surface area contributed by atoms with E-state index in [1.54, 1.807) is 6.08 Å². The molecule has 2 rings (SSSR count). The van der Waals surface area contributed by atoms with Crippen molar-refractivity contribution in [3.8, 4) is 0 Å². The van der Waals surface area contributed by atoms with Gasteiger partial charge < -0.3 is 4.74 Å². The van der Waals surface area contributed by atoms with Gasteiger partial charge in [0.1, 0.15) is 5.76 Å². The highest BCUT2D eigenvalue weighted by Crippen LogP contribution is 2.30. The monoisotopic (exact) mass is 284 g/mol. The van der Waals surface area contributed by atoms with Gasteiger partial charge in [0.2, 0.25) is 0 Å². The molecule has 1 aromatic rings. The van der Waals surface area contributed by atoms with Crippen molar-refractivity contribution in [2.24, 2.45) is 0 Å². The Morgan fingerprint density at radius 3 is 2.67 bits per heavy atom. The van der Waals surface area contributed by atoms with Crippen LogP contribution in [0, 0.1) is 6.92 Å². The average Bonchev–Trinajstić information content (AvgIpc) is 2.49. The van der Waals surface area contributed by atoms with Crippen molar-refractivity contribution >= 4 is 11.5 Å². The summed E-state index contributed by atoms with van der Waals surface area (Å²) in [6, 6.07) is 8.17. The Balaban J connectivity index is 0.000000677. The van der Waals surface area contributed by atoms with Crippen molar-refractivity contribution in [3.05, 3.63) is 66.0 Å². The molecule has 2 heteroatoms. The Kier molecular flexibility index (Phi) is 7.24. The molecule has 0 heterocycles. The second-order valence-corrected chi connectivity index (χ2v) is 4.83. The van der Waals surface area contributed by atoms with Crippen molar-refractivity contribution in [1.29, 1.82) is 0 Å². The van der Waals surface area contributed by atoms with E-state index >= 15 is 0 Å². The highest BCUT2D eigenvalue weighted by Gasteiger charge is 2.15. The lowest BCUT2D eigenvalue weighted by Gasteiger charge is -2.17. The van der Waals surface area contributed by atoms with Crippen molar-refractivity contribution in [2.45, 2.75) is 40.0 Å². The zero-order valence-corrected chi connectivity index (χ0v) is 13.2. The van der Waals surface area contributed by atoms with Crippen LogP contribution in [0.1, 0.15) is 44.2 Å². The molecular weight excluding hydrogens is 260 g/mol. The molecule has 0 aliphatic heterocycles. The van der Waals surface area contributed by atoms with Gasteiger partial charge in [-0.25, -0.2) is 0 Å². The molecule has 112 valence electrons. The molecule has 0 fully saturated rings. The van der Waals surface area contributed by atoms with Crippen LogP contribution >= 0.6 is 0 Å². The van der Waals surface area contributed by atoms with Crippen LogP contribution in [0.2, 0.25) is 0 Å². The lowest BCUT2D eigenvalue weighted by Crippen LogP contribution is -2.06. The third-order valence-electron chi connectivity index (χ3n) is 3.08. The van der Waals surface area contributed by atoms with E-state index in [2.05, 4.69) is 37.8 Å². The zero-order chi connectivity index (χ0) is 15.7. The normalized spacial score (nSPS) is 13.3. The van der Waals surface area contributed by atoms with Crippen LogP contribution in [0.3, 0.4) is 0 Å². The van der Waals surface area contributed by atoms with E-state index in [-0.39, 0.29) is 5.97 Å². The SMILES string of the molecule is C=CC.CCC(=O)OC1=C(c2ccccc2C)C=CCC1. The van der Waals surface area contributed by atoms with E-state index < -0.39 is 0 Å². The average molecular weight is 284 g/mol. The standard InChI is InChI=1S/C16H18O2.C3H6/c1-3-16(17)18-15-11-7-6-10-14(15)13-9-5-4-8-12(13)2;1-3-2/h4-6,8-10H,3,7,11H2,1-2H3;3H,1H2,2H3. The Morgan fingerprint density at radius 2 is 2.05 bits per heavy atom. The van der Waals surface area contributed by atoms with Gasteiger partial charge >= 0.3 is 5.97 Å². The van der Waals surface area contributed by atoms with E-state index in [9.17, 15) is 4.79 Å². The first-order valence-corrected chi connectivity index (χ1v) is 7.37. The first-order valence-electron chi connectivity index (χ1n) is 7.37. The van der Waals surface area contributed by atoms with Gasteiger partial charge in [-0.2, -0.15) is 0 Å². The second-order valence-electron chi connectivity index (χ2n) is 4.83. The van der Waals surface area contributed by atoms with E-state index in [1.807, 2.05) is 26.0 Å². The number of aryl methyl sites for hydroxylation is 1. The largest absolute Gasteiger partial charge is 0.430 e. The smallest absolute Gasteiger partial charge is 0.310 e. The summed E-state index contributed by atoms with van der Waals surface area (Å²) < 4.78 is 5.45. The maximum absolute atomic E-state index is 11.5. The molecule has 1 aliphatic rings. The summed E-state index contributed by atoms with van der Waals surface area (Å²) in [6.07, 6.45) is 8.08. The number of allylic oxidation sites excluding steroid dienone is 5. The fraction of sp³-hybridized carbons (Fsp3) is 0.316. The van der Waals surface area contributed by atoms with Crippen molar-refractivity contribution in [2.75, 3.05) is 0 Å². The van der Waals surface area contributed by atoms with Crippen LogP contribution in [-0.4, -0.2) is 5.97 Å². The van der Waals surface area contributed by atoms with Crippen LogP contribution in [0.15, 0.2) is 54.8 Å². The lowest BCUT2D eigenvalue weighted by atomic mass is 9.94. The predicted octanol–water partition coefficient (Wildman–Crippen LogP) is 5.20. The zero-order valence-electron chi connectivity index (χ0n) is 13.2. The van der Waals surface area contributed by atoms with Gasteiger partial charge in [-0.3, -0.25) is 4.79 Å². The van der Waals surface area contributed by atoms with Crippen LogP contribution in [-0.2, 0) is 9.53 Å². The summed E-state index contributed by atoms with van der Waals surface area (Å²) in [5.74, 6) is 0.644. The minimum absolute atomic E-state index is 0.161. The summed E-state index contributed by atoms with van der Waals surface area (Å²) in [7, 11) is 0. The molecule has 0 amide bonds. The maximum Gasteiger partial charge on any atom is 0.310 e. The van der Waals surface area contributed by atoms with E-state index in [0.717, 1.165) is 29.7 Å². The predicted molar refractivity (Wildman–Crippen MR) is 88.7 cm³/mol. The Hall–Kier alpha value is -2.09. The summed E-state index contributed by atoms with van der Waals surface area (Å²) >= 11 is 0. The molecule has 0 atom stereocenters. The number of hydrogen-bond acceptors (Lipinski definition) is 2. The number of ether oxygens (including phenoxy) is 1. The molecule has 2 nitrogen and oxygen atoms in total. The number of rotatable bonds is 3. The Bertz CT molecular complexity index is 550. The molecular formula is C19H24O2. The highest BCUT2D eigenvalue weighted by molar-refractivity contribution is 5.81. The van der Waals surface area contributed by atoms with Gasteiger partial charge in [0, 0.05) is 18.4 Å². The number of carbonyl (C=O) groups excluding carboxylic acids is 1. The number of carbonyl (C=O) groups is 1. The van der Waals surface area contributed by atoms with Gasteiger partial charge in [0.15, 0.2) is 0 Å². The maximum atomic E-state index is 11.5. The molecule has 0 aromatic heterocycles. The molecule has 1 aliphatic carbocycles. The first-order chi connectivity index (χ1) is 10.1. The molecule has 1 aromatic carbocycles. The number of benzene rings is 1. The molecule has 21 heavy (non-hydrogen) atoms. The summed E-state index contributed by atoms with van der Waals surface area (Å²) in [5.41, 5.74) is 3.39. The molecule has 0 spiro atoms. The fourth-order valence-corrected chi connectivity index (χ4v) is 2.07. The third-order valence-corrected chi connectivity index (χ3v) is 3.08. The van der Waals surface area contributed by atoms with Crippen molar-refractivity contribution < 1.29 is 9.53 Å². The van der Waals surface area contributed by atoms with Crippen LogP contribution < -0.4 is 0 Å². The summed E-state index contributed by atoms with van der Waals surface area (Å²) in [4.78, 5) is 11.5. The van der Waals surface area contributed by atoms with Crippen LogP contribution in [0.25, 0.3) is 5.57 Å². The minimum atomic E-state index is -0.161. The van der Waals surface area contributed by atoms with E-state index in [0.29, 0.717) is 6.42 Å². The van der Waals surface area contributed by atoms with Crippen molar-refractivity contribution in [1.82, 2.24) is 0 Å². The molecule has 0 unspecified atom stereocenters. The molecule has 0 saturated carbocycles. The summed E-state index contributed by atoms with van der Waals surface area (Å²) in [6.45, 7) is 9.14. The van der Waals surface area contributed by atoms with Crippen LogP contribution in [0.4, 0.5) is 0 Å². The van der Waals surface area contributed by atoms with Crippen molar-refractivity contribution in [3.63, 3.8) is 0 Å². The quantitative estimate of drug-likeness (QED) is 0.563. The van der Waals surface area contributed by atoms with Gasteiger partial charge in [-0.1, -0.05) is 49.4 Å². The summed E-state index contributed by atoms with van der Waals surface area (Å²) in [5, 5.41) is 0.